The first-order valence-electron chi connectivity index (χ1n) is 12.1. The Balaban J connectivity index is 1.75. The van der Waals surface area contributed by atoms with E-state index >= 15 is 0 Å². The summed E-state index contributed by atoms with van der Waals surface area (Å²) >= 11 is 1.14. The lowest BCUT2D eigenvalue weighted by molar-refractivity contribution is -0.122. The van der Waals surface area contributed by atoms with Gasteiger partial charge in [-0.15, -0.1) is 4.80 Å². The van der Waals surface area contributed by atoms with Crippen LogP contribution in [-0.4, -0.2) is 50.3 Å². The summed E-state index contributed by atoms with van der Waals surface area (Å²) in [5, 5.41) is 20.8. The smallest absolute Gasteiger partial charge is 0.332 e. The van der Waals surface area contributed by atoms with Crippen LogP contribution in [0.5, 0.6) is 5.75 Å². The summed E-state index contributed by atoms with van der Waals surface area (Å²) in [6.45, 7) is 1.92. The Hall–Kier alpha value is -4.35. The van der Waals surface area contributed by atoms with Crippen molar-refractivity contribution in [1.29, 1.82) is 5.26 Å². The molecule has 0 aliphatic carbocycles. The SMILES string of the molecule is COc1ccc(F)cc1[C@H](Cn1c(=O)n([C@H]2CCNC2=O)c(=O)c2c(C)c(-n3nccn3)sc21)OCCC#N. The maximum absolute atomic E-state index is 14.3. The average Bonchev–Trinajstić information content (AvgIpc) is 3.67. The standard InChI is InChI=1S/C25H24FN7O5S/c1-14-20-22(35)32(17-6-8-28-21(17)34)25(36)31(24(20)39-23(14)33-29-9-10-30-33)13-19(38-11-3-7-27)16-12-15(26)4-5-18(16)37-2/h4-5,9-10,12,17,19H,3,6,8,11,13H2,1-2H3,(H,28,34)/t17-,19-/m0/s1. The van der Waals surface area contributed by atoms with Gasteiger partial charge in [-0.05, 0) is 31.5 Å². The number of carbonyl (C=O) groups excluding carboxylic acids is 1. The zero-order valence-electron chi connectivity index (χ0n) is 21.1. The minimum absolute atomic E-state index is 0.00925. The molecule has 0 saturated carbocycles. The Morgan fingerprint density at radius 2 is 2.05 bits per heavy atom. The molecule has 1 aromatic carbocycles. The highest BCUT2D eigenvalue weighted by molar-refractivity contribution is 7.21. The lowest BCUT2D eigenvalue weighted by Crippen LogP contribution is -2.44. The average molecular weight is 554 g/mol. The van der Waals surface area contributed by atoms with Gasteiger partial charge in [-0.25, -0.2) is 13.8 Å². The van der Waals surface area contributed by atoms with Crippen LogP contribution in [0.4, 0.5) is 4.39 Å². The number of benzene rings is 1. The van der Waals surface area contributed by atoms with Gasteiger partial charge < -0.3 is 14.8 Å². The van der Waals surface area contributed by atoms with E-state index < -0.39 is 35.1 Å². The largest absolute Gasteiger partial charge is 0.496 e. The maximum Gasteiger partial charge on any atom is 0.332 e. The molecule has 1 saturated heterocycles. The molecule has 4 heterocycles. The highest BCUT2D eigenvalue weighted by atomic mass is 32.1. The normalized spacial score (nSPS) is 15.8. The molecule has 5 rings (SSSR count). The predicted molar refractivity (Wildman–Crippen MR) is 139 cm³/mol. The number of nitrogens with zero attached hydrogens (tertiary/aromatic N) is 6. The minimum Gasteiger partial charge on any atom is -0.496 e. The van der Waals surface area contributed by atoms with Crippen LogP contribution in [0.15, 0.2) is 40.2 Å². The third-order valence-corrected chi connectivity index (χ3v) is 7.85. The summed E-state index contributed by atoms with van der Waals surface area (Å²) in [5.41, 5.74) is -0.428. The number of aryl methyl sites for hydroxylation is 1. The van der Waals surface area contributed by atoms with E-state index in [4.69, 9.17) is 14.7 Å². The summed E-state index contributed by atoms with van der Waals surface area (Å²) < 4.78 is 28.1. The van der Waals surface area contributed by atoms with E-state index in [0.29, 0.717) is 33.3 Å². The number of aromatic nitrogens is 5. The molecular weight excluding hydrogens is 529 g/mol. The summed E-state index contributed by atoms with van der Waals surface area (Å²) in [4.78, 5) is 42.0. The van der Waals surface area contributed by atoms with E-state index in [2.05, 4.69) is 15.5 Å². The van der Waals surface area contributed by atoms with Crippen molar-refractivity contribution in [3.8, 4) is 16.8 Å². The van der Waals surface area contributed by atoms with Crippen molar-refractivity contribution in [2.45, 2.75) is 38.5 Å². The molecule has 1 aliphatic rings. The molecule has 3 aromatic heterocycles. The van der Waals surface area contributed by atoms with Gasteiger partial charge in [0, 0.05) is 17.7 Å². The number of fused-ring (bicyclic) bond motifs is 1. The highest BCUT2D eigenvalue weighted by Gasteiger charge is 2.33. The summed E-state index contributed by atoms with van der Waals surface area (Å²) in [6.07, 6.45) is 2.39. The van der Waals surface area contributed by atoms with Gasteiger partial charge in [-0.3, -0.25) is 14.2 Å². The fourth-order valence-corrected chi connectivity index (χ4v) is 5.96. The quantitative estimate of drug-likeness (QED) is 0.310. The van der Waals surface area contributed by atoms with E-state index in [9.17, 15) is 18.8 Å². The molecule has 1 aliphatic heterocycles. The second-order valence-corrected chi connectivity index (χ2v) is 9.83. The van der Waals surface area contributed by atoms with E-state index in [-0.39, 0.29) is 31.4 Å². The number of rotatable bonds is 9. The lowest BCUT2D eigenvalue weighted by atomic mass is 10.1. The van der Waals surface area contributed by atoms with Crippen LogP contribution in [0.1, 0.15) is 36.1 Å². The van der Waals surface area contributed by atoms with Crippen molar-refractivity contribution < 1.29 is 18.7 Å². The van der Waals surface area contributed by atoms with Gasteiger partial charge in [0.15, 0.2) is 0 Å². The van der Waals surface area contributed by atoms with Crippen molar-refractivity contribution in [3.63, 3.8) is 0 Å². The van der Waals surface area contributed by atoms with Gasteiger partial charge in [0.1, 0.15) is 33.5 Å². The first-order chi connectivity index (χ1) is 18.8. The van der Waals surface area contributed by atoms with Crippen LogP contribution in [0.3, 0.4) is 0 Å². The van der Waals surface area contributed by atoms with E-state index in [1.165, 1.54) is 47.1 Å². The minimum atomic E-state index is -0.979. The van der Waals surface area contributed by atoms with Crippen LogP contribution in [0.25, 0.3) is 15.2 Å². The fraction of sp³-hybridized carbons (Fsp3) is 0.360. The molecule has 12 nitrogen and oxygen atoms in total. The zero-order valence-corrected chi connectivity index (χ0v) is 21.9. The van der Waals surface area contributed by atoms with Crippen LogP contribution in [-0.2, 0) is 16.1 Å². The van der Waals surface area contributed by atoms with Gasteiger partial charge in [0.05, 0.1) is 50.5 Å². The Kier molecular flexibility index (Phi) is 7.27. The molecule has 14 heteroatoms. The van der Waals surface area contributed by atoms with E-state index in [1.807, 2.05) is 6.07 Å². The van der Waals surface area contributed by atoms with E-state index in [1.54, 1.807) is 6.92 Å². The number of thiophene rings is 1. The van der Waals surface area contributed by atoms with Crippen LogP contribution in [0.2, 0.25) is 0 Å². The predicted octanol–water partition coefficient (Wildman–Crippen LogP) is 1.99. The van der Waals surface area contributed by atoms with Crippen LogP contribution in [0, 0.1) is 24.1 Å². The Morgan fingerprint density at radius 3 is 2.72 bits per heavy atom. The number of carbonyl (C=O) groups is 1. The van der Waals surface area contributed by atoms with Crippen molar-refractivity contribution in [2.24, 2.45) is 0 Å². The van der Waals surface area contributed by atoms with Gasteiger partial charge in [0.2, 0.25) is 5.91 Å². The van der Waals surface area contributed by atoms with Crippen molar-refractivity contribution in [3.05, 3.63) is 68.4 Å². The number of nitriles is 1. The molecular formula is C25H24FN7O5S. The maximum atomic E-state index is 14.3. The summed E-state index contributed by atoms with van der Waals surface area (Å²) in [5.74, 6) is -0.630. The first-order valence-corrected chi connectivity index (χ1v) is 12.9. The Bertz CT molecular complexity index is 1700. The number of ether oxygens (including phenoxy) is 2. The number of hydrogen-bond donors (Lipinski definition) is 1. The zero-order chi connectivity index (χ0) is 27.7. The Labute approximate surface area is 224 Å². The first kappa shape index (κ1) is 26.3. The van der Waals surface area contributed by atoms with Crippen molar-refractivity contribution >= 4 is 27.5 Å². The number of nitrogens with one attached hydrogen (secondary N) is 1. The topological polar surface area (TPSA) is 146 Å². The number of methoxy groups -OCH3 is 1. The molecule has 1 amide bonds. The number of halogens is 1. The molecule has 4 aromatic rings. The molecule has 1 N–H and O–H groups in total. The molecule has 0 radical (unpaired) electrons. The molecule has 39 heavy (non-hydrogen) atoms. The van der Waals surface area contributed by atoms with Crippen LogP contribution < -0.4 is 21.3 Å². The molecule has 0 unspecified atom stereocenters. The number of amides is 1. The van der Waals surface area contributed by atoms with Crippen LogP contribution >= 0.6 is 11.3 Å². The molecule has 2 atom stereocenters. The molecule has 1 fully saturated rings. The second-order valence-electron chi connectivity index (χ2n) is 8.85. The lowest BCUT2D eigenvalue weighted by Gasteiger charge is -2.23. The highest BCUT2D eigenvalue weighted by Crippen LogP contribution is 2.34. The molecule has 0 bridgehead atoms. The molecule has 202 valence electrons. The number of hydrogen-bond acceptors (Lipinski definition) is 9. The van der Waals surface area contributed by atoms with Gasteiger partial charge in [0.25, 0.3) is 5.56 Å². The van der Waals surface area contributed by atoms with Crippen molar-refractivity contribution in [2.75, 3.05) is 20.3 Å². The third-order valence-electron chi connectivity index (χ3n) is 6.57. The monoisotopic (exact) mass is 553 g/mol. The van der Waals surface area contributed by atoms with Gasteiger partial charge in [-0.2, -0.15) is 15.5 Å². The van der Waals surface area contributed by atoms with Gasteiger partial charge in [-0.1, -0.05) is 11.3 Å². The third kappa shape index (κ3) is 4.70. The van der Waals surface area contributed by atoms with Gasteiger partial charge >= 0.3 is 5.69 Å². The van der Waals surface area contributed by atoms with Crippen molar-refractivity contribution in [1.82, 2.24) is 29.4 Å². The Morgan fingerprint density at radius 1 is 1.28 bits per heavy atom. The summed E-state index contributed by atoms with van der Waals surface area (Å²) in [7, 11) is 1.43. The van der Waals surface area contributed by atoms with E-state index in [0.717, 1.165) is 15.9 Å². The summed E-state index contributed by atoms with van der Waals surface area (Å²) in [6, 6.07) is 4.96. The second kappa shape index (κ2) is 10.8. The fourth-order valence-electron chi connectivity index (χ4n) is 4.74. The molecule has 0 spiro atoms.